The second-order valence-electron chi connectivity index (χ2n) is 7.57. The Hall–Kier alpha value is -3.46. The van der Waals surface area contributed by atoms with Gasteiger partial charge in [0.05, 0.1) is 17.3 Å². The Morgan fingerprint density at radius 3 is 2.94 bits per heavy atom. The molecule has 31 heavy (non-hydrogen) atoms. The van der Waals surface area contributed by atoms with Gasteiger partial charge in [-0.3, -0.25) is 19.7 Å². The number of rotatable bonds is 5. The number of ether oxygens (including phenoxy) is 1. The van der Waals surface area contributed by atoms with Gasteiger partial charge < -0.3 is 15.0 Å². The molecule has 158 valence electrons. The molecule has 0 radical (unpaired) electrons. The van der Waals surface area contributed by atoms with Crippen LogP contribution in [0.25, 0.3) is 10.2 Å². The van der Waals surface area contributed by atoms with Gasteiger partial charge in [-0.05, 0) is 35.7 Å². The van der Waals surface area contributed by atoms with Gasteiger partial charge in [-0.15, -0.1) is 0 Å². The molecule has 5 rings (SSSR count). The number of amides is 3. The molecule has 1 unspecified atom stereocenters. The van der Waals surface area contributed by atoms with E-state index < -0.39 is 11.9 Å². The number of piperidine rings is 1. The fourth-order valence-corrected chi connectivity index (χ4v) is 5.00. The Morgan fingerprint density at radius 2 is 2.13 bits per heavy atom. The van der Waals surface area contributed by atoms with E-state index in [1.165, 1.54) is 11.3 Å². The van der Waals surface area contributed by atoms with Crippen molar-refractivity contribution in [1.29, 1.82) is 0 Å². The summed E-state index contributed by atoms with van der Waals surface area (Å²) in [5.41, 5.74) is 3.32. The molecule has 3 amide bonds. The second-order valence-corrected chi connectivity index (χ2v) is 8.57. The van der Waals surface area contributed by atoms with Crippen molar-refractivity contribution >= 4 is 44.4 Å². The number of anilines is 1. The Kier molecular flexibility index (Phi) is 4.82. The summed E-state index contributed by atoms with van der Waals surface area (Å²) in [5.74, 6) is -0.0624. The first-order valence-corrected chi connectivity index (χ1v) is 10.8. The quantitative estimate of drug-likeness (QED) is 0.597. The lowest BCUT2D eigenvalue weighted by atomic mass is 10.0. The van der Waals surface area contributed by atoms with Crippen molar-refractivity contribution < 1.29 is 19.1 Å². The van der Waals surface area contributed by atoms with Gasteiger partial charge in [0.1, 0.15) is 11.8 Å². The minimum atomic E-state index is -0.600. The highest BCUT2D eigenvalue weighted by atomic mass is 32.1. The van der Waals surface area contributed by atoms with Gasteiger partial charge >= 0.3 is 0 Å². The summed E-state index contributed by atoms with van der Waals surface area (Å²) < 4.78 is 6.38. The molecule has 1 fully saturated rings. The molecular weight excluding hydrogens is 416 g/mol. The number of thiazole rings is 1. The maximum Gasteiger partial charge on any atom is 0.255 e. The third-order valence-corrected chi connectivity index (χ3v) is 6.68. The molecule has 0 bridgehead atoms. The Morgan fingerprint density at radius 1 is 1.26 bits per heavy atom. The first-order chi connectivity index (χ1) is 15.0. The summed E-state index contributed by atoms with van der Waals surface area (Å²) in [6.45, 7) is 0.896. The summed E-state index contributed by atoms with van der Waals surface area (Å²) in [5, 5.41) is 6.42. The third-order valence-electron chi connectivity index (χ3n) is 5.64. The molecule has 2 aromatic carbocycles. The van der Waals surface area contributed by atoms with Gasteiger partial charge in [-0.1, -0.05) is 29.5 Å². The molecule has 3 heterocycles. The van der Waals surface area contributed by atoms with Crippen molar-refractivity contribution in [2.45, 2.75) is 32.0 Å². The van der Waals surface area contributed by atoms with Crippen molar-refractivity contribution in [3.63, 3.8) is 0 Å². The normalized spacial score (nSPS) is 18.3. The van der Waals surface area contributed by atoms with Crippen LogP contribution in [-0.2, 0) is 22.7 Å². The van der Waals surface area contributed by atoms with E-state index in [-0.39, 0.29) is 18.2 Å². The highest BCUT2D eigenvalue weighted by Gasteiger charge is 2.39. The zero-order valence-corrected chi connectivity index (χ0v) is 17.6. The van der Waals surface area contributed by atoms with E-state index in [4.69, 9.17) is 4.74 Å². The van der Waals surface area contributed by atoms with Gasteiger partial charge in [0.25, 0.3) is 5.91 Å². The molecule has 0 aliphatic carbocycles. The minimum absolute atomic E-state index is 0.170. The maximum absolute atomic E-state index is 13.0. The fourth-order valence-electron chi connectivity index (χ4n) is 4.05. The lowest BCUT2D eigenvalue weighted by Crippen LogP contribution is -2.52. The smallest absolute Gasteiger partial charge is 0.255 e. The standard InChI is InChI=1S/C22H20N4O4S/c1-30-17-4-2-3-15-19(17)31-22(24-15)23-10-12-5-6-13-11-26(21(29)14(13)9-12)16-7-8-18(27)25-20(16)28/h2-6,9,16H,7-8,10-11H2,1H3,(H,23,24)(H,25,27,28). The number of hydrogen-bond donors (Lipinski definition) is 2. The van der Waals surface area contributed by atoms with E-state index in [1.807, 2.05) is 36.4 Å². The summed E-state index contributed by atoms with van der Waals surface area (Å²) in [6, 6.07) is 10.9. The van der Waals surface area contributed by atoms with Crippen LogP contribution >= 0.6 is 11.3 Å². The summed E-state index contributed by atoms with van der Waals surface area (Å²) in [6.07, 6.45) is 0.610. The number of carbonyl (C=O) groups excluding carboxylic acids is 3. The van der Waals surface area contributed by atoms with Crippen LogP contribution in [0.5, 0.6) is 5.75 Å². The van der Waals surface area contributed by atoms with Crippen LogP contribution in [0.1, 0.15) is 34.3 Å². The molecule has 2 N–H and O–H groups in total. The van der Waals surface area contributed by atoms with E-state index in [0.717, 1.165) is 32.2 Å². The molecule has 1 atom stereocenters. The topological polar surface area (TPSA) is 101 Å². The first-order valence-electron chi connectivity index (χ1n) is 9.97. The van der Waals surface area contributed by atoms with E-state index in [1.54, 1.807) is 12.0 Å². The molecule has 2 aliphatic heterocycles. The first kappa shape index (κ1) is 19.5. The Balaban J connectivity index is 1.31. The maximum atomic E-state index is 13.0. The predicted octanol–water partition coefficient (Wildman–Crippen LogP) is 2.68. The van der Waals surface area contributed by atoms with Crippen molar-refractivity contribution in [3.05, 3.63) is 53.1 Å². The highest BCUT2D eigenvalue weighted by molar-refractivity contribution is 7.22. The molecule has 3 aromatic rings. The van der Waals surface area contributed by atoms with Crippen LogP contribution in [0, 0.1) is 0 Å². The predicted molar refractivity (Wildman–Crippen MR) is 116 cm³/mol. The molecule has 2 aliphatic rings. The zero-order chi connectivity index (χ0) is 21.5. The molecule has 9 heteroatoms. The van der Waals surface area contributed by atoms with E-state index in [0.29, 0.717) is 25.1 Å². The monoisotopic (exact) mass is 436 g/mol. The van der Waals surface area contributed by atoms with Crippen molar-refractivity contribution in [2.24, 2.45) is 0 Å². The van der Waals surface area contributed by atoms with Crippen molar-refractivity contribution in [3.8, 4) is 5.75 Å². The average Bonchev–Trinajstić information content (AvgIpc) is 3.33. The number of carbonyl (C=O) groups is 3. The number of benzene rings is 2. The van der Waals surface area contributed by atoms with Gasteiger partial charge in [0.2, 0.25) is 11.8 Å². The molecular formula is C22H20N4O4S. The number of aromatic nitrogens is 1. The lowest BCUT2D eigenvalue weighted by molar-refractivity contribution is -0.136. The molecule has 1 saturated heterocycles. The van der Waals surface area contributed by atoms with Gasteiger partial charge in [0, 0.05) is 25.1 Å². The van der Waals surface area contributed by atoms with Crippen LogP contribution in [0.2, 0.25) is 0 Å². The number of fused-ring (bicyclic) bond motifs is 2. The van der Waals surface area contributed by atoms with Crippen LogP contribution in [0.3, 0.4) is 0 Å². The van der Waals surface area contributed by atoms with E-state index in [9.17, 15) is 14.4 Å². The van der Waals surface area contributed by atoms with Crippen LogP contribution in [0.15, 0.2) is 36.4 Å². The van der Waals surface area contributed by atoms with E-state index in [2.05, 4.69) is 15.6 Å². The van der Waals surface area contributed by atoms with Crippen LogP contribution < -0.4 is 15.4 Å². The largest absolute Gasteiger partial charge is 0.495 e. The number of imide groups is 1. The summed E-state index contributed by atoms with van der Waals surface area (Å²) in [4.78, 5) is 42.7. The Bertz CT molecular complexity index is 1220. The fraction of sp³-hybridized carbons (Fsp3) is 0.273. The second kappa shape index (κ2) is 7.66. The third kappa shape index (κ3) is 3.50. The van der Waals surface area contributed by atoms with Crippen LogP contribution in [-0.4, -0.2) is 40.8 Å². The van der Waals surface area contributed by atoms with Crippen LogP contribution in [0.4, 0.5) is 5.13 Å². The van der Waals surface area contributed by atoms with Crippen molar-refractivity contribution in [1.82, 2.24) is 15.2 Å². The number of hydrogen-bond acceptors (Lipinski definition) is 7. The minimum Gasteiger partial charge on any atom is -0.495 e. The lowest BCUT2D eigenvalue weighted by Gasteiger charge is -2.29. The Labute approximate surface area is 182 Å². The molecule has 8 nitrogen and oxygen atoms in total. The SMILES string of the molecule is COc1cccc2nc(NCc3ccc4c(c3)C(=O)N(C3CCC(=O)NC3=O)C4)sc12. The zero-order valence-electron chi connectivity index (χ0n) is 16.8. The van der Waals surface area contributed by atoms with Gasteiger partial charge in [0.15, 0.2) is 5.13 Å². The number of methoxy groups -OCH3 is 1. The molecule has 0 saturated carbocycles. The summed E-state index contributed by atoms with van der Waals surface area (Å²) in [7, 11) is 1.64. The number of nitrogens with zero attached hydrogens (tertiary/aromatic N) is 2. The number of nitrogens with one attached hydrogen (secondary N) is 2. The average molecular weight is 436 g/mol. The van der Waals surface area contributed by atoms with Gasteiger partial charge in [-0.2, -0.15) is 0 Å². The highest BCUT2D eigenvalue weighted by Crippen LogP contribution is 2.34. The van der Waals surface area contributed by atoms with E-state index >= 15 is 0 Å². The van der Waals surface area contributed by atoms with Crippen molar-refractivity contribution in [2.75, 3.05) is 12.4 Å². The molecule has 0 spiro atoms. The van der Waals surface area contributed by atoms with Gasteiger partial charge in [-0.25, -0.2) is 4.98 Å². The molecule has 1 aromatic heterocycles. The summed E-state index contributed by atoms with van der Waals surface area (Å²) >= 11 is 1.52.